The van der Waals surface area contributed by atoms with Gasteiger partial charge in [-0.15, -0.1) is 0 Å². The Kier molecular flexibility index (Phi) is 5.98. The van der Waals surface area contributed by atoms with E-state index in [1.54, 1.807) is 13.3 Å². The Morgan fingerprint density at radius 2 is 2.00 bits per heavy atom. The van der Waals surface area contributed by atoms with Crippen molar-refractivity contribution in [1.29, 1.82) is 0 Å². The van der Waals surface area contributed by atoms with E-state index in [-0.39, 0.29) is 0 Å². The summed E-state index contributed by atoms with van der Waals surface area (Å²) in [5, 5.41) is 7.72. The molecule has 0 saturated carbocycles. The number of benzene rings is 1. The van der Waals surface area contributed by atoms with Gasteiger partial charge in [-0.05, 0) is 58.1 Å². The summed E-state index contributed by atoms with van der Waals surface area (Å²) in [6.45, 7) is 8.54. The van der Waals surface area contributed by atoms with Crippen LogP contribution < -0.4 is 15.5 Å². The maximum absolute atomic E-state index is 5.28. The second-order valence-corrected chi connectivity index (χ2v) is 6.22. The number of rotatable bonds is 5. The van der Waals surface area contributed by atoms with Gasteiger partial charge in [-0.3, -0.25) is 5.43 Å². The molecule has 0 amide bonds. The maximum atomic E-state index is 5.28. The normalized spacial score (nSPS) is 11.1. The van der Waals surface area contributed by atoms with Gasteiger partial charge in [0.1, 0.15) is 5.75 Å². The fourth-order valence-corrected chi connectivity index (χ4v) is 2.95. The van der Waals surface area contributed by atoms with Gasteiger partial charge in [-0.25, -0.2) is 0 Å². The average molecular weight is 344 g/mol. The van der Waals surface area contributed by atoms with Crippen molar-refractivity contribution in [2.24, 2.45) is 5.10 Å². The molecular weight excluding hydrogens is 320 g/mol. The van der Waals surface area contributed by atoms with Crippen molar-refractivity contribution in [2.45, 2.75) is 33.7 Å². The summed E-state index contributed by atoms with van der Waals surface area (Å²) in [6, 6.07) is 10.1. The van der Waals surface area contributed by atoms with Gasteiger partial charge in [0.25, 0.3) is 0 Å². The van der Waals surface area contributed by atoms with Gasteiger partial charge in [0.15, 0.2) is 5.11 Å². The molecule has 5 nitrogen and oxygen atoms in total. The molecule has 0 radical (unpaired) electrons. The first-order valence-corrected chi connectivity index (χ1v) is 8.26. The second-order valence-electron chi connectivity index (χ2n) is 5.81. The van der Waals surface area contributed by atoms with Gasteiger partial charge in [-0.2, -0.15) is 5.10 Å². The molecule has 0 aliphatic heterocycles. The SMILES string of the molecule is COc1ccccc1NC(=S)N/N=C\c1cc(C)n(C(C)C)c1C. The molecule has 0 saturated heterocycles. The molecule has 2 N–H and O–H groups in total. The lowest BCUT2D eigenvalue weighted by molar-refractivity contribution is 0.417. The number of hydrogen-bond acceptors (Lipinski definition) is 3. The number of anilines is 1. The summed E-state index contributed by atoms with van der Waals surface area (Å²) < 4.78 is 7.57. The topological polar surface area (TPSA) is 50.6 Å². The van der Waals surface area contributed by atoms with Gasteiger partial charge in [0.2, 0.25) is 0 Å². The number of methoxy groups -OCH3 is 1. The number of aryl methyl sites for hydroxylation is 1. The standard InChI is InChI=1S/C18H24N4OS/c1-12(2)22-13(3)10-15(14(22)4)11-19-21-18(24)20-16-8-6-7-9-17(16)23-5/h6-12H,1-5H3,(H2,20,21,24)/b19-11-. The van der Waals surface area contributed by atoms with Crippen molar-refractivity contribution in [3.8, 4) is 5.75 Å². The summed E-state index contributed by atoms with van der Waals surface area (Å²) in [5.74, 6) is 0.728. The fourth-order valence-electron chi connectivity index (χ4n) is 2.79. The van der Waals surface area contributed by atoms with Crippen molar-refractivity contribution < 1.29 is 4.74 Å². The number of thiocarbonyl (C=S) groups is 1. The summed E-state index contributed by atoms with van der Waals surface area (Å²) in [4.78, 5) is 0. The maximum Gasteiger partial charge on any atom is 0.191 e. The molecule has 128 valence electrons. The molecule has 2 rings (SSSR count). The van der Waals surface area contributed by atoms with Crippen LogP contribution in [-0.4, -0.2) is 23.0 Å². The van der Waals surface area contributed by atoms with Gasteiger partial charge < -0.3 is 14.6 Å². The molecular formula is C18H24N4OS. The first-order chi connectivity index (χ1) is 11.4. The Morgan fingerprint density at radius 1 is 1.29 bits per heavy atom. The van der Waals surface area contributed by atoms with Crippen molar-refractivity contribution >= 4 is 29.2 Å². The highest BCUT2D eigenvalue weighted by Crippen LogP contribution is 2.22. The Balaban J connectivity index is 2.02. The van der Waals surface area contributed by atoms with Crippen LogP contribution in [0.4, 0.5) is 5.69 Å². The summed E-state index contributed by atoms with van der Waals surface area (Å²) in [6.07, 6.45) is 1.79. The van der Waals surface area contributed by atoms with Crippen LogP contribution in [0.3, 0.4) is 0 Å². The molecule has 0 aliphatic carbocycles. The average Bonchev–Trinajstić information content (AvgIpc) is 2.82. The number of nitrogens with zero attached hydrogens (tertiary/aromatic N) is 2. The minimum absolute atomic E-state index is 0.411. The molecule has 0 bridgehead atoms. The number of ether oxygens (including phenoxy) is 1. The zero-order valence-corrected chi connectivity index (χ0v) is 15.6. The lowest BCUT2D eigenvalue weighted by Gasteiger charge is -2.13. The quantitative estimate of drug-likeness (QED) is 0.489. The van der Waals surface area contributed by atoms with Gasteiger partial charge in [0, 0.05) is 23.0 Å². The van der Waals surface area contributed by atoms with Crippen LogP contribution in [0, 0.1) is 13.8 Å². The minimum atomic E-state index is 0.411. The first-order valence-electron chi connectivity index (χ1n) is 7.85. The van der Waals surface area contributed by atoms with Crippen LogP contribution in [-0.2, 0) is 0 Å². The monoisotopic (exact) mass is 344 g/mol. The van der Waals surface area contributed by atoms with Crippen LogP contribution in [0.2, 0.25) is 0 Å². The number of hydrazone groups is 1. The van der Waals surface area contributed by atoms with Gasteiger partial charge >= 0.3 is 0 Å². The Bertz CT molecular complexity index is 749. The third-order valence-corrected chi connectivity index (χ3v) is 3.96. The molecule has 1 aromatic heterocycles. The van der Waals surface area contributed by atoms with E-state index in [2.05, 4.69) is 54.2 Å². The van der Waals surface area contributed by atoms with E-state index in [1.165, 1.54) is 11.4 Å². The Morgan fingerprint density at radius 3 is 2.62 bits per heavy atom. The van der Waals surface area contributed by atoms with E-state index < -0.39 is 0 Å². The number of para-hydroxylation sites is 2. The third-order valence-electron chi connectivity index (χ3n) is 3.76. The highest BCUT2D eigenvalue weighted by Gasteiger charge is 2.09. The molecule has 0 atom stereocenters. The van der Waals surface area contributed by atoms with Crippen molar-refractivity contribution in [1.82, 2.24) is 9.99 Å². The van der Waals surface area contributed by atoms with E-state index >= 15 is 0 Å². The minimum Gasteiger partial charge on any atom is -0.495 e. The molecule has 0 fully saturated rings. The van der Waals surface area contributed by atoms with E-state index in [4.69, 9.17) is 17.0 Å². The van der Waals surface area contributed by atoms with Gasteiger partial charge in [0.05, 0.1) is 19.0 Å². The highest BCUT2D eigenvalue weighted by molar-refractivity contribution is 7.80. The fraction of sp³-hybridized carbons (Fsp3) is 0.333. The van der Waals surface area contributed by atoms with Crippen molar-refractivity contribution in [2.75, 3.05) is 12.4 Å². The van der Waals surface area contributed by atoms with Crippen LogP contribution in [0.15, 0.2) is 35.4 Å². The molecule has 24 heavy (non-hydrogen) atoms. The number of aromatic nitrogens is 1. The van der Waals surface area contributed by atoms with Crippen LogP contribution in [0.1, 0.15) is 36.8 Å². The zero-order chi connectivity index (χ0) is 17.7. The Labute approximate surface area is 148 Å². The number of hydrogen-bond donors (Lipinski definition) is 2. The molecule has 0 aliphatic rings. The molecule has 2 aromatic rings. The molecule has 1 heterocycles. The molecule has 1 aromatic carbocycles. The van der Waals surface area contributed by atoms with Crippen LogP contribution >= 0.6 is 12.2 Å². The van der Waals surface area contributed by atoms with Gasteiger partial charge in [-0.1, -0.05) is 12.1 Å². The zero-order valence-electron chi connectivity index (χ0n) is 14.8. The Hall–Kier alpha value is -2.34. The molecule has 6 heteroatoms. The predicted molar refractivity (Wildman–Crippen MR) is 104 cm³/mol. The summed E-state index contributed by atoms with van der Waals surface area (Å²) in [7, 11) is 1.62. The molecule has 0 unspecified atom stereocenters. The lowest BCUT2D eigenvalue weighted by Crippen LogP contribution is -2.24. The van der Waals surface area contributed by atoms with E-state index in [9.17, 15) is 0 Å². The number of nitrogens with one attached hydrogen (secondary N) is 2. The lowest BCUT2D eigenvalue weighted by atomic mass is 10.2. The van der Waals surface area contributed by atoms with E-state index in [0.29, 0.717) is 11.2 Å². The van der Waals surface area contributed by atoms with Crippen molar-refractivity contribution in [3.05, 3.63) is 47.3 Å². The van der Waals surface area contributed by atoms with Crippen molar-refractivity contribution in [3.63, 3.8) is 0 Å². The predicted octanol–water partition coefficient (Wildman–Crippen LogP) is 4.01. The summed E-state index contributed by atoms with van der Waals surface area (Å²) in [5.41, 5.74) is 7.13. The van der Waals surface area contributed by atoms with Crippen LogP contribution in [0.25, 0.3) is 0 Å². The third kappa shape index (κ3) is 4.14. The first kappa shape index (κ1) is 18.0. The molecule has 0 spiro atoms. The van der Waals surface area contributed by atoms with Crippen LogP contribution in [0.5, 0.6) is 5.75 Å². The summed E-state index contributed by atoms with van der Waals surface area (Å²) >= 11 is 5.27. The van der Waals surface area contributed by atoms with E-state index in [1.807, 2.05) is 24.3 Å². The largest absolute Gasteiger partial charge is 0.495 e. The highest BCUT2D eigenvalue weighted by atomic mass is 32.1. The van der Waals surface area contributed by atoms with E-state index in [0.717, 1.165) is 17.0 Å². The second kappa shape index (κ2) is 7.97. The smallest absolute Gasteiger partial charge is 0.191 e.